The molecule has 0 saturated heterocycles. The lowest BCUT2D eigenvalue weighted by Gasteiger charge is -2.20. The molecule has 0 N–H and O–H groups in total. The van der Waals surface area contributed by atoms with Gasteiger partial charge in [0.15, 0.2) is 0 Å². The van der Waals surface area contributed by atoms with Crippen molar-refractivity contribution in [2.24, 2.45) is 0 Å². The molecule has 1 aromatic carbocycles. The molecule has 2 aromatic rings. The number of halogens is 3. The molecule has 0 atom stereocenters. The maximum absolute atomic E-state index is 12.8. The van der Waals surface area contributed by atoms with Crippen LogP contribution in [0.3, 0.4) is 0 Å². The number of hydrogen-bond acceptors (Lipinski definition) is 3. The Balaban J connectivity index is 2.85. The molecule has 7 heteroatoms. The van der Waals surface area contributed by atoms with Crippen molar-refractivity contribution in [2.45, 2.75) is 30.0 Å². The van der Waals surface area contributed by atoms with Crippen LogP contribution in [0.1, 0.15) is 0 Å². The lowest BCUT2D eigenvalue weighted by Crippen LogP contribution is -2.41. The van der Waals surface area contributed by atoms with Crippen LogP contribution in [0.15, 0.2) is 38.4 Å². The van der Waals surface area contributed by atoms with Gasteiger partial charge in [-0.25, -0.2) is 4.79 Å². The molecule has 0 amide bonds. The molecule has 0 fully saturated rings. The van der Waals surface area contributed by atoms with Crippen LogP contribution in [0.4, 0.5) is 13.2 Å². The molecule has 0 radical (unpaired) electrons. The van der Waals surface area contributed by atoms with Crippen molar-refractivity contribution >= 4 is 36.0 Å². The molecule has 108 valence electrons. The first-order chi connectivity index (χ1) is 9.09. The molecule has 0 aliphatic heterocycles. The summed E-state index contributed by atoms with van der Waals surface area (Å²) in [5, 5.41) is 0.688. The van der Waals surface area contributed by atoms with Crippen LogP contribution in [0.2, 0.25) is 19.6 Å². The Morgan fingerprint density at radius 3 is 2.15 bits per heavy atom. The molecular formula is C13H13F3O2SSi. The van der Waals surface area contributed by atoms with Gasteiger partial charge in [0.25, 0.3) is 0 Å². The minimum Gasteiger partial charge on any atom is -0.432 e. The van der Waals surface area contributed by atoms with Gasteiger partial charge in [-0.05, 0) is 17.8 Å². The number of rotatable bonds is 2. The molecule has 2 nitrogen and oxygen atoms in total. The molecule has 0 spiro atoms. The molecule has 0 saturated carbocycles. The average molecular weight is 318 g/mol. The fraction of sp³-hybridized carbons (Fsp3) is 0.308. The maximum atomic E-state index is 12.8. The first-order valence-electron chi connectivity index (χ1n) is 5.91. The monoisotopic (exact) mass is 318 g/mol. The molecular weight excluding hydrogens is 305 g/mol. The van der Waals surface area contributed by atoms with Crippen molar-refractivity contribution in [1.82, 2.24) is 0 Å². The fourth-order valence-corrected chi connectivity index (χ4v) is 4.83. The summed E-state index contributed by atoms with van der Waals surface area (Å²) in [6.07, 6.45) is 0. The van der Waals surface area contributed by atoms with Crippen LogP contribution in [0.5, 0.6) is 0 Å². The van der Waals surface area contributed by atoms with Gasteiger partial charge < -0.3 is 4.42 Å². The summed E-state index contributed by atoms with van der Waals surface area (Å²) in [6.45, 7) is 5.54. The predicted octanol–water partition coefficient (Wildman–Crippen LogP) is 3.95. The van der Waals surface area contributed by atoms with Crippen molar-refractivity contribution in [3.8, 4) is 0 Å². The van der Waals surface area contributed by atoms with Crippen molar-refractivity contribution in [1.29, 1.82) is 0 Å². The summed E-state index contributed by atoms with van der Waals surface area (Å²) in [4.78, 5) is 11.9. The van der Waals surface area contributed by atoms with Crippen LogP contribution in [-0.4, -0.2) is 13.6 Å². The average Bonchev–Trinajstić information content (AvgIpc) is 2.30. The van der Waals surface area contributed by atoms with E-state index < -0.39 is 19.2 Å². The lowest BCUT2D eigenvalue weighted by atomic mass is 10.2. The van der Waals surface area contributed by atoms with Gasteiger partial charge >= 0.3 is 11.1 Å². The Bertz CT molecular complexity index is 701. The third-order valence-electron chi connectivity index (χ3n) is 2.69. The highest BCUT2D eigenvalue weighted by Crippen LogP contribution is 2.39. The fourth-order valence-electron chi connectivity index (χ4n) is 1.89. The van der Waals surface area contributed by atoms with Gasteiger partial charge in [-0.1, -0.05) is 37.8 Å². The third-order valence-corrected chi connectivity index (χ3v) is 5.43. The van der Waals surface area contributed by atoms with Gasteiger partial charge in [-0.3, -0.25) is 0 Å². The van der Waals surface area contributed by atoms with E-state index in [1.807, 2.05) is 19.6 Å². The molecule has 1 aromatic heterocycles. The molecule has 0 aliphatic rings. The van der Waals surface area contributed by atoms with Crippen molar-refractivity contribution < 1.29 is 17.6 Å². The normalized spacial score (nSPS) is 12.9. The molecule has 1 heterocycles. The standard InChI is InChI=1S/C13H13F3O2SSi/c1-20(2,3)12-10(19-13(14,15)16)8-6-4-5-7-9(8)11(17)18-12/h4-7H,1-3H3. The zero-order valence-corrected chi connectivity index (χ0v) is 13.0. The van der Waals surface area contributed by atoms with E-state index in [0.29, 0.717) is 5.39 Å². The van der Waals surface area contributed by atoms with Crippen molar-refractivity contribution in [2.75, 3.05) is 0 Å². The summed E-state index contributed by atoms with van der Waals surface area (Å²) in [6, 6.07) is 6.24. The third kappa shape index (κ3) is 3.09. The highest BCUT2D eigenvalue weighted by atomic mass is 32.2. The van der Waals surface area contributed by atoms with Crippen molar-refractivity contribution in [3.05, 3.63) is 34.7 Å². The van der Waals surface area contributed by atoms with E-state index in [0.717, 1.165) is 0 Å². The number of thioether (sulfide) groups is 1. The van der Waals surface area contributed by atoms with Gasteiger partial charge in [0.1, 0.15) is 13.5 Å². The summed E-state index contributed by atoms with van der Waals surface area (Å²) < 4.78 is 43.6. The number of fused-ring (bicyclic) bond motifs is 1. The number of alkyl halides is 3. The van der Waals surface area contributed by atoms with Gasteiger partial charge in [0.05, 0.1) is 10.3 Å². The van der Waals surface area contributed by atoms with E-state index in [4.69, 9.17) is 4.42 Å². The van der Waals surface area contributed by atoms with E-state index in [1.165, 1.54) is 12.1 Å². The number of benzene rings is 1. The second-order valence-electron chi connectivity index (χ2n) is 5.39. The smallest absolute Gasteiger partial charge is 0.432 e. The van der Waals surface area contributed by atoms with E-state index in [2.05, 4.69) is 0 Å². The van der Waals surface area contributed by atoms with Gasteiger partial charge in [-0.2, -0.15) is 13.2 Å². The molecule has 0 bridgehead atoms. The van der Waals surface area contributed by atoms with Gasteiger partial charge in [0, 0.05) is 5.39 Å². The van der Waals surface area contributed by atoms with Crippen LogP contribution >= 0.6 is 11.8 Å². The maximum Gasteiger partial charge on any atom is 0.446 e. The van der Waals surface area contributed by atoms with E-state index in [-0.39, 0.29) is 27.4 Å². The first-order valence-corrected chi connectivity index (χ1v) is 10.2. The van der Waals surface area contributed by atoms with Crippen LogP contribution < -0.4 is 11.0 Å². The Labute approximate surface area is 119 Å². The lowest BCUT2D eigenvalue weighted by molar-refractivity contribution is -0.0327. The molecule has 20 heavy (non-hydrogen) atoms. The highest BCUT2D eigenvalue weighted by molar-refractivity contribution is 8.00. The molecule has 0 aliphatic carbocycles. The Hall–Kier alpha value is -1.21. The summed E-state index contributed by atoms with van der Waals surface area (Å²) >= 11 is -0.205. The van der Waals surface area contributed by atoms with Gasteiger partial charge in [0.2, 0.25) is 0 Å². The van der Waals surface area contributed by atoms with Crippen LogP contribution in [-0.2, 0) is 0 Å². The van der Waals surface area contributed by atoms with E-state index in [1.54, 1.807) is 12.1 Å². The zero-order valence-electron chi connectivity index (χ0n) is 11.2. The molecule has 2 rings (SSSR count). The number of hydrogen-bond donors (Lipinski definition) is 0. The largest absolute Gasteiger partial charge is 0.446 e. The molecule has 0 unspecified atom stereocenters. The summed E-state index contributed by atoms with van der Waals surface area (Å²) in [7, 11) is -2.21. The Kier molecular flexibility index (Phi) is 3.77. The topological polar surface area (TPSA) is 30.2 Å². The quantitative estimate of drug-likeness (QED) is 0.620. The SMILES string of the molecule is C[Si](C)(C)c1oc(=O)c2ccccc2c1SC(F)(F)F. The second kappa shape index (κ2) is 4.96. The predicted molar refractivity (Wildman–Crippen MR) is 77.4 cm³/mol. The Morgan fingerprint density at radius 1 is 1.10 bits per heavy atom. The van der Waals surface area contributed by atoms with Crippen LogP contribution in [0.25, 0.3) is 10.8 Å². The van der Waals surface area contributed by atoms with Crippen molar-refractivity contribution in [3.63, 3.8) is 0 Å². The van der Waals surface area contributed by atoms with Gasteiger partial charge in [-0.15, -0.1) is 0 Å². The second-order valence-corrected chi connectivity index (χ2v) is 11.4. The van der Waals surface area contributed by atoms with Crippen LogP contribution in [0, 0.1) is 0 Å². The van der Waals surface area contributed by atoms with E-state index in [9.17, 15) is 18.0 Å². The van der Waals surface area contributed by atoms with E-state index >= 15 is 0 Å². The summed E-state index contributed by atoms with van der Waals surface area (Å²) in [5.41, 5.74) is -5.00. The zero-order chi connectivity index (χ0) is 15.1. The minimum absolute atomic E-state index is 0.0202. The first kappa shape index (κ1) is 15.2. The Morgan fingerprint density at radius 2 is 1.65 bits per heavy atom. The highest BCUT2D eigenvalue weighted by Gasteiger charge is 2.35. The minimum atomic E-state index is -4.42. The summed E-state index contributed by atoms with van der Waals surface area (Å²) in [5.74, 6) is 0.